The van der Waals surface area contributed by atoms with E-state index in [9.17, 15) is 14.4 Å². The van der Waals surface area contributed by atoms with Gasteiger partial charge in [-0.15, -0.1) is 0 Å². The molecule has 0 bridgehead atoms. The van der Waals surface area contributed by atoms with E-state index in [2.05, 4.69) is 9.88 Å². The number of urea groups is 1. The third-order valence-corrected chi connectivity index (χ3v) is 5.68. The van der Waals surface area contributed by atoms with E-state index in [1.807, 2.05) is 58.0 Å². The molecule has 1 aromatic heterocycles. The van der Waals surface area contributed by atoms with E-state index >= 15 is 0 Å². The van der Waals surface area contributed by atoms with Crippen molar-refractivity contribution in [3.8, 4) is 5.75 Å². The zero-order chi connectivity index (χ0) is 22.0. The number of benzene rings is 1. The van der Waals surface area contributed by atoms with Crippen LogP contribution in [-0.4, -0.2) is 46.9 Å². The van der Waals surface area contributed by atoms with Gasteiger partial charge in [0, 0.05) is 23.5 Å². The van der Waals surface area contributed by atoms with Gasteiger partial charge in [-0.25, -0.2) is 4.79 Å². The molecule has 1 saturated heterocycles. The SMILES string of the molecule is COc1ccc(CCn2c(C)cc(C(=O)CN3C(=O)NC(C(C)C)C3=O)c2C)cc1. The van der Waals surface area contributed by atoms with Crippen molar-refractivity contribution in [3.05, 3.63) is 52.8 Å². The van der Waals surface area contributed by atoms with Crippen molar-refractivity contribution in [2.24, 2.45) is 5.92 Å². The zero-order valence-corrected chi connectivity index (χ0v) is 18.2. The first-order valence-corrected chi connectivity index (χ1v) is 10.2. The minimum atomic E-state index is -0.567. The molecule has 0 aliphatic carbocycles. The van der Waals surface area contributed by atoms with E-state index in [-0.39, 0.29) is 24.2 Å². The molecule has 3 rings (SSSR count). The summed E-state index contributed by atoms with van der Waals surface area (Å²) >= 11 is 0. The number of ether oxygens (including phenoxy) is 1. The number of imide groups is 1. The first-order valence-electron chi connectivity index (χ1n) is 10.2. The van der Waals surface area contributed by atoms with Gasteiger partial charge in [-0.05, 0) is 49.9 Å². The predicted molar refractivity (Wildman–Crippen MR) is 114 cm³/mol. The highest BCUT2D eigenvalue weighted by Crippen LogP contribution is 2.20. The van der Waals surface area contributed by atoms with Crippen molar-refractivity contribution in [3.63, 3.8) is 0 Å². The fraction of sp³-hybridized carbons (Fsp3) is 0.435. The lowest BCUT2D eigenvalue weighted by Gasteiger charge is -2.14. The van der Waals surface area contributed by atoms with Gasteiger partial charge in [0.25, 0.3) is 5.91 Å². The van der Waals surface area contributed by atoms with Crippen molar-refractivity contribution in [2.45, 2.75) is 46.7 Å². The van der Waals surface area contributed by atoms with Gasteiger partial charge in [-0.3, -0.25) is 14.5 Å². The number of hydrogen-bond donors (Lipinski definition) is 1. The highest BCUT2D eigenvalue weighted by atomic mass is 16.5. The maximum atomic E-state index is 12.9. The molecule has 1 unspecified atom stereocenters. The monoisotopic (exact) mass is 411 g/mol. The molecule has 2 heterocycles. The summed E-state index contributed by atoms with van der Waals surface area (Å²) in [5.74, 6) is 0.230. The Kier molecular flexibility index (Phi) is 6.29. The number of rotatable bonds is 8. The van der Waals surface area contributed by atoms with Crippen molar-refractivity contribution < 1.29 is 19.1 Å². The van der Waals surface area contributed by atoms with E-state index in [0.717, 1.165) is 35.0 Å². The number of Topliss-reactive ketones (excluding diaryl/α,β-unsaturated/α-hetero) is 1. The molecule has 1 N–H and O–H groups in total. The number of amides is 3. The van der Waals surface area contributed by atoms with Crippen molar-refractivity contribution in [2.75, 3.05) is 13.7 Å². The smallest absolute Gasteiger partial charge is 0.325 e. The molecule has 0 radical (unpaired) electrons. The minimum absolute atomic E-state index is 0.0235. The van der Waals surface area contributed by atoms with Crippen LogP contribution in [0.1, 0.15) is 41.2 Å². The standard InChI is InChI=1S/C23H29N3O4/c1-14(2)21-22(28)26(23(29)24-21)13-20(27)19-12-15(3)25(16(19)4)11-10-17-6-8-18(30-5)9-7-17/h6-9,12,14,21H,10-11,13H2,1-5H3,(H,24,29). The van der Waals surface area contributed by atoms with Gasteiger partial charge < -0.3 is 14.6 Å². The van der Waals surface area contributed by atoms with Crippen LogP contribution in [0.2, 0.25) is 0 Å². The van der Waals surface area contributed by atoms with Crippen LogP contribution in [-0.2, 0) is 17.8 Å². The maximum absolute atomic E-state index is 12.9. The summed E-state index contributed by atoms with van der Waals surface area (Å²) in [6.45, 7) is 8.08. The molecule has 30 heavy (non-hydrogen) atoms. The number of carbonyl (C=O) groups is 3. The summed E-state index contributed by atoms with van der Waals surface area (Å²) in [6.07, 6.45) is 0.817. The van der Waals surface area contributed by atoms with Gasteiger partial charge in [0.05, 0.1) is 13.7 Å². The van der Waals surface area contributed by atoms with Crippen molar-refractivity contribution in [1.82, 2.24) is 14.8 Å². The topological polar surface area (TPSA) is 80.6 Å². The number of ketones is 1. The number of aromatic nitrogens is 1. The molecule has 7 nitrogen and oxygen atoms in total. The second-order valence-corrected chi connectivity index (χ2v) is 8.05. The van der Waals surface area contributed by atoms with Crippen molar-refractivity contribution in [1.29, 1.82) is 0 Å². The lowest BCUT2D eigenvalue weighted by atomic mass is 10.0. The fourth-order valence-corrected chi connectivity index (χ4v) is 3.83. The lowest BCUT2D eigenvalue weighted by Crippen LogP contribution is -2.37. The van der Waals surface area contributed by atoms with Gasteiger partial charge in [-0.1, -0.05) is 26.0 Å². The van der Waals surface area contributed by atoms with Gasteiger partial charge in [-0.2, -0.15) is 0 Å². The molecular formula is C23H29N3O4. The summed E-state index contributed by atoms with van der Waals surface area (Å²) in [5.41, 5.74) is 3.55. The Morgan fingerprint density at radius 3 is 2.40 bits per heavy atom. The quantitative estimate of drug-likeness (QED) is 0.535. The largest absolute Gasteiger partial charge is 0.497 e. The highest BCUT2D eigenvalue weighted by molar-refractivity contribution is 6.09. The summed E-state index contributed by atoms with van der Waals surface area (Å²) in [7, 11) is 1.64. The molecule has 1 fully saturated rings. The molecular weight excluding hydrogens is 382 g/mol. The highest BCUT2D eigenvalue weighted by Gasteiger charge is 2.40. The number of carbonyl (C=O) groups excluding carboxylic acids is 3. The number of methoxy groups -OCH3 is 1. The van der Waals surface area contributed by atoms with Crippen LogP contribution in [0, 0.1) is 19.8 Å². The molecule has 160 valence electrons. The summed E-state index contributed by atoms with van der Waals surface area (Å²) in [6, 6.07) is 8.69. The summed E-state index contributed by atoms with van der Waals surface area (Å²) in [4.78, 5) is 38.5. The number of nitrogens with zero attached hydrogens (tertiary/aromatic N) is 2. The third-order valence-electron chi connectivity index (χ3n) is 5.68. The van der Waals surface area contributed by atoms with Crippen LogP contribution < -0.4 is 10.1 Å². The van der Waals surface area contributed by atoms with Crippen molar-refractivity contribution >= 4 is 17.7 Å². The number of nitrogens with one attached hydrogen (secondary N) is 1. The number of aryl methyl sites for hydroxylation is 2. The van der Waals surface area contributed by atoms with E-state index in [4.69, 9.17) is 4.74 Å². The molecule has 2 aromatic rings. The van der Waals surface area contributed by atoms with Crippen LogP contribution in [0.3, 0.4) is 0 Å². The van der Waals surface area contributed by atoms with E-state index in [1.165, 1.54) is 5.56 Å². The fourth-order valence-electron chi connectivity index (χ4n) is 3.83. The third kappa shape index (κ3) is 4.25. The molecule has 1 aliphatic rings. The van der Waals surface area contributed by atoms with E-state index in [1.54, 1.807) is 7.11 Å². The predicted octanol–water partition coefficient (Wildman–Crippen LogP) is 3.12. The van der Waals surface area contributed by atoms with E-state index in [0.29, 0.717) is 5.56 Å². The first kappa shape index (κ1) is 21.6. The number of hydrogen-bond acceptors (Lipinski definition) is 4. The van der Waals surface area contributed by atoms with Gasteiger partial charge in [0.1, 0.15) is 11.8 Å². The Hall–Kier alpha value is -3.09. The summed E-state index contributed by atoms with van der Waals surface area (Å²) < 4.78 is 7.29. The Morgan fingerprint density at radius 1 is 1.17 bits per heavy atom. The van der Waals surface area contributed by atoms with Crippen LogP contribution in [0.5, 0.6) is 5.75 Å². The normalized spacial score (nSPS) is 16.3. The Labute approximate surface area is 177 Å². The Morgan fingerprint density at radius 2 is 1.83 bits per heavy atom. The molecule has 3 amide bonds. The van der Waals surface area contributed by atoms with Crippen LogP contribution in [0.15, 0.2) is 30.3 Å². The molecule has 1 aromatic carbocycles. The second-order valence-electron chi connectivity index (χ2n) is 8.05. The Bertz CT molecular complexity index is 960. The Balaban J connectivity index is 1.70. The second kappa shape index (κ2) is 8.73. The zero-order valence-electron chi connectivity index (χ0n) is 18.2. The lowest BCUT2D eigenvalue weighted by molar-refractivity contribution is -0.128. The van der Waals surface area contributed by atoms with Crippen LogP contribution in [0.4, 0.5) is 4.79 Å². The van der Waals surface area contributed by atoms with Crippen LogP contribution in [0.25, 0.3) is 0 Å². The molecule has 1 aliphatic heterocycles. The molecule has 7 heteroatoms. The average Bonchev–Trinajstić information content (AvgIpc) is 3.16. The minimum Gasteiger partial charge on any atom is -0.497 e. The van der Waals surface area contributed by atoms with Gasteiger partial charge >= 0.3 is 6.03 Å². The van der Waals surface area contributed by atoms with E-state index < -0.39 is 12.1 Å². The maximum Gasteiger partial charge on any atom is 0.325 e. The van der Waals surface area contributed by atoms with Gasteiger partial charge in [0.2, 0.25) is 0 Å². The summed E-state index contributed by atoms with van der Waals surface area (Å²) in [5, 5.41) is 2.66. The first-order chi connectivity index (χ1) is 14.2. The molecule has 0 saturated carbocycles. The van der Waals surface area contributed by atoms with Gasteiger partial charge in [0.15, 0.2) is 5.78 Å². The average molecular weight is 412 g/mol. The molecule has 1 atom stereocenters. The van der Waals surface area contributed by atoms with Crippen LogP contribution >= 0.6 is 0 Å². The molecule has 0 spiro atoms.